The molecular weight excluding hydrogens is 573 g/mol. The molecule has 0 radical (unpaired) electrons. The largest absolute Gasteiger partial charge is 1.00 e. The number of sulfonamides is 1. The molecule has 0 spiro atoms. The zero-order chi connectivity index (χ0) is 23.2. The molecule has 0 saturated heterocycles. The van der Waals surface area contributed by atoms with Gasteiger partial charge in [0.05, 0.1) is 50.7 Å². The highest BCUT2D eigenvalue weighted by Gasteiger charge is 2.28. The number of benzene rings is 1. The number of hydrogen-bond donors (Lipinski definition) is 1. The predicted molar refractivity (Wildman–Crippen MR) is 125 cm³/mol. The van der Waals surface area contributed by atoms with E-state index in [1.165, 1.54) is 0 Å². The lowest BCUT2D eigenvalue weighted by Gasteiger charge is -2.29. The molecule has 0 aliphatic rings. The Morgan fingerprint density at radius 2 is 1.76 bits per heavy atom. The Hall–Kier alpha value is -1.86. The van der Waals surface area contributed by atoms with E-state index in [0.717, 1.165) is 21.8 Å². The molecule has 0 unspecified atom stereocenters. The zero-order valence-electron chi connectivity index (χ0n) is 18.8. The number of likely N-dealkylation sites (N-methyl/N-ethyl adjacent to an activating group) is 1. The molecule has 3 aromatic rings. The van der Waals surface area contributed by atoms with Gasteiger partial charge in [-0.25, -0.2) is 13.1 Å². The number of thiophene rings is 1. The molecule has 33 heavy (non-hydrogen) atoms. The van der Waals surface area contributed by atoms with E-state index in [4.69, 9.17) is 4.74 Å². The van der Waals surface area contributed by atoms with Crippen LogP contribution in [0.1, 0.15) is 12.0 Å². The van der Waals surface area contributed by atoms with Crippen molar-refractivity contribution in [3.8, 4) is 10.6 Å². The van der Waals surface area contributed by atoms with Crippen molar-refractivity contribution >= 4 is 27.3 Å². The smallest absolute Gasteiger partial charge is 0.307 e. The molecule has 0 bridgehead atoms. The minimum atomic E-state index is -3.81. The maximum Gasteiger partial charge on any atom is 0.307 e. The van der Waals surface area contributed by atoms with Gasteiger partial charge in [0.2, 0.25) is 0 Å². The van der Waals surface area contributed by atoms with Gasteiger partial charge in [0.1, 0.15) is 10.8 Å². The fourth-order valence-electron chi connectivity index (χ4n) is 3.19. The predicted octanol–water partition coefficient (Wildman–Crippen LogP) is 0.301. The Labute approximate surface area is 216 Å². The fraction of sp³-hybridized carbons (Fsp3) is 0.304. The van der Waals surface area contributed by atoms with Crippen LogP contribution in [0.5, 0.6) is 0 Å². The van der Waals surface area contributed by atoms with Gasteiger partial charge < -0.3 is 33.2 Å². The van der Waals surface area contributed by atoms with E-state index < -0.39 is 22.0 Å². The lowest BCUT2D eigenvalue weighted by Crippen LogP contribution is -3.00. The van der Waals surface area contributed by atoms with Crippen molar-refractivity contribution in [1.82, 2.24) is 9.71 Å². The van der Waals surface area contributed by atoms with Crippen LogP contribution in [0.3, 0.4) is 0 Å². The van der Waals surface area contributed by atoms with Gasteiger partial charge in [0, 0.05) is 6.20 Å². The summed E-state index contributed by atoms with van der Waals surface area (Å²) in [5.74, 6) is -0.449. The Morgan fingerprint density at radius 3 is 2.39 bits per heavy atom. The van der Waals surface area contributed by atoms with Gasteiger partial charge in [-0.3, -0.25) is 9.78 Å². The maximum atomic E-state index is 13.1. The van der Waals surface area contributed by atoms with Crippen molar-refractivity contribution in [3.63, 3.8) is 0 Å². The highest BCUT2D eigenvalue weighted by atomic mass is 127. The first-order valence-corrected chi connectivity index (χ1v) is 12.5. The normalized spacial score (nSPS) is 12.6. The molecule has 0 saturated carbocycles. The van der Waals surface area contributed by atoms with Gasteiger partial charge in [-0.1, -0.05) is 36.4 Å². The van der Waals surface area contributed by atoms with Crippen LogP contribution in [0.4, 0.5) is 0 Å². The summed E-state index contributed by atoms with van der Waals surface area (Å²) < 4.78 is 34.9. The van der Waals surface area contributed by atoms with Crippen LogP contribution < -0.4 is 28.7 Å². The van der Waals surface area contributed by atoms with E-state index in [0.29, 0.717) is 16.7 Å². The molecular formula is C23H28IN3O4S2. The highest BCUT2D eigenvalue weighted by Crippen LogP contribution is 2.29. The SMILES string of the molecule is C[N+](C)(C)C[C@@H](CC(=O)OCc1ccccc1)NS(=O)(=O)c1ccc(-c2ccccn2)s1.[I-]. The molecule has 10 heteroatoms. The molecule has 1 aromatic carbocycles. The van der Waals surface area contributed by atoms with Gasteiger partial charge in [0.15, 0.2) is 0 Å². The minimum Gasteiger partial charge on any atom is -1.00 e. The Morgan fingerprint density at radius 1 is 1.06 bits per heavy atom. The number of nitrogens with one attached hydrogen (secondary N) is 1. The van der Waals surface area contributed by atoms with E-state index in [1.54, 1.807) is 18.3 Å². The van der Waals surface area contributed by atoms with Crippen molar-refractivity contribution in [3.05, 3.63) is 72.4 Å². The van der Waals surface area contributed by atoms with Gasteiger partial charge in [-0.05, 0) is 29.8 Å². The van der Waals surface area contributed by atoms with Crippen molar-refractivity contribution in [1.29, 1.82) is 0 Å². The second kappa shape index (κ2) is 12.0. The Kier molecular flexibility index (Phi) is 9.98. The van der Waals surface area contributed by atoms with Crippen LogP contribution in [-0.2, 0) is 26.2 Å². The second-order valence-electron chi connectivity index (χ2n) is 8.48. The number of halogens is 1. The zero-order valence-corrected chi connectivity index (χ0v) is 22.6. The minimum absolute atomic E-state index is 0. The third kappa shape index (κ3) is 8.78. The number of rotatable bonds is 10. The number of ether oxygens (including phenoxy) is 1. The molecule has 0 amide bonds. The van der Waals surface area contributed by atoms with E-state index >= 15 is 0 Å². The van der Waals surface area contributed by atoms with E-state index in [1.807, 2.05) is 69.7 Å². The van der Waals surface area contributed by atoms with Crippen molar-refractivity contribution in [2.45, 2.75) is 23.3 Å². The molecule has 0 aliphatic heterocycles. The third-order valence-electron chi connectivity index (χ3n) is 4.51. The summed E-state index contributed by atoms with van der Waals surface area (Å²) in [6.07, 6.45) is 1.61. The summed E-state index contributed by atoms with van der Waals surface area (Å²) >= 11 is 1.15. The Balaban J connectivity index is 0.00000385. The lowest BCUT2D eigenvalue weighted by molar-refractivity contribution is -0.871. The average Bonchev–Trinajstić information content (AvgIpc) is 3.23. The van der Waals surface area contributed by atoms with E-state index in [9.17, 15) is 13.2 Å². The number of nitrogens with zero attached hydrogens (tertiary/aromatic N) is 2. The standard InChI is InChI=1S/C23H28N3O4S2.HI/c1-26(2,3)16-19(15-22(27)30-17-18-9-5-4-6-10-18)25-32(28,29)23-13-12-21(31-23)20-11-7-8-14-24-20;/h4-14,19,25H,15-17H2,1-3H3;1H/q+1;/p-1/t19-;/m1./s1. The van der Waals surface area contributed by atoms with Crippen LogP contribution in [0.2, 0.25) is 0 Å². The monoisotopic (exact) mass is 601 g/mol. The van der Waals surface area contributed by atoms with Crippen molar-refractivity contribution in [2.75, 3.05) is 27.7 Å². The van der Waals surface area contributed by atoms with E-state index in [-0.39, 0.29) is 41.2 Å². The summed E-state index contributed by atoms with van der Waals surface area (Å²) in [4.78, 5) is 17.5. The lowest BCUT2D eigenvalue weighted by atomic mass is 10.2. The first kappa shape index (κ1) is 27.4. The Bertz CT molecular complexity index is 1130. The van der Waals surface area contributed by atoms with E-state index in [2.05, 4.69) is 9.71 Å². The molecule has 1 N–H and O–H groups in total. The van der Waals surface area contributed by atoms with Crippen LogP contribution >= 0.6 is 11.3 Å². The van der Waals surface area contributed by atoms with Crippen molar-refractivity contribution < 1.29 is 46.4 Å². The highest BCUT2D eigenvalue weighted by molar-refractivity contribution is 7.91. The fourth-order valence-corrected chi connectivity index (χ4v) is 5.72. The number of hydrogen-bond acceptors (Lipinski definition) is 6. The number of carbonyl (C=O) groups is 1. The average molecular weight is 602 g/mol. The molecule has 178 valence electrons. The number of quaternary nitrogens is 1. The molecule has 2 heterocycles. The number of pyridine rings is 1. The first-order chi connectivity index (χ1) is 15.1. The van der Waals surface area contributed by atoms with Crippen LogP contribution in [0.25, 0.3) is 10.6 Å². The van der Waals surface area contributed by atoms with Gasteiger partial charge in [0.25, 0.3) is 10.0 Å². The first-order valence-electron chi connectivity index (χ1n) is 10.2. The van der Waals surface area contributed by atoms with Crippen LogP contribution in [0.15, 0.2) is 71.1 Å². The van der Waals surface area contributed by atoms with Gasteiger partial charge in [-0.15, -0.1) is 11.3 Å². The summed E-state index contributed by atoms with van der Waals surface area (Å²) in [6, 6.07) is 17.6. The molecule has 0 fully saturated rings. The molecule has 0 aliphatic carbocycles. The van der Waals surface area contributed by atoms with Gasteiger partial charge in [-0.2, -0.15) is 0 Å². The topological polar surface area (TPSA) is 85.4 Å². The third-order valence-corrected chi connectivity index (χ3v) is 7.63. The number of aromatic nitrogens is 1. The molecule has 7 nitrogen and oxygen atoms in total. The summed E-state index contributed by atoms with van der Waals surface area (Å²) in [7, 11) is 2.03. The number of esters is 1. The van der Waals surface area contributed by atoms with Crippen LogP contribution in [-0.4, -0.2) is 57.6 Å². The van der Waals surface area contributed by atoms with Crippen LogP contribution in [0, 0.1) is 0 Å². The summed E-state index contributed by atoms with van der Waals surface area (Å²) in [5, 5.41) is 0. The van der Waals surface area contributed by atoms with Gasteiger partial charge >= 0.3 is 5.97 Å². The molecule has 3 rings (SSSR count). The summed E-state index contributed by atoms with van der Waals surface area (Å²) in [6.45, 7) is 0.583. The maximum absolute atomic E-state index is 13.1. The molecule has 1 atom stereocenters. The quantitative estimate of drug-likeness (QED) is 0.206. The molecule has 2 aromatic heterocycles. The summed E-state index contributed by atoms with van der Waals surface area (Å²) in [5.41, 5.74) is 1.59. The van der Waals surface area contributed by atoms with Crippen molar-refractivity contribution in [2.24, 2.45) is 0 Å². The second-order valence-corrected chi connectivity index (χ2v) is 11.5. The number of carbonyl (C=O) groups excluding carboxylic acids is 1.